The molecule has 6 nitrogen and oxygen atoms in total. The maximum Gasteiger partial charge on any atom is 0.309 e. The van der Waals surface area contributed by atoms with Crippen LogP contribution in [0, 0.1) is 23.7 Å². The van der Waals surface area contributed by atoms with Gasteiger partial charge in [-0.15, -0.1) is 0 Å². The summed E-state index contributed by atoms with van der Waals surface area (Å²) in [5, 5.41) is 21.8. The first-order chi connectivity index (χ1) is 10.6. The minimum atomic E-state index is -1.20. The van der Waals surface area contributed by atoms with Gasteiger partial charge in [0, 0.05) is 37.5 Å². The van der Waals surface area contributed by atoms with E-state index in [-0.39, 0.29) is 24.2 Å². The van der Waals surface area contributed by atoms with Crippen molar-refractivity contribution in [2.24, 2.45) is 23.7 Å². The van der Waals surface area contributed by atoms with Gasteiger partial charge in [-0.2, -0.15) is 0 Å². The number of esters is 2. The van der Waals surface area contributed by atoms with Crippen LogP contribution in [-0.2, 0) is 19.1 Å². The van der Waals surface area contributed by atoms with Gasteiger partial charge in [0.15, 0.2) is 0 Å². The lowest BCUT2D eigenvalue weighted by atomic mass is 9.75. The number of hydrogen-bond acceptors (Lipinski definition) is 6. The third-order valence-electron chi connectivity index (χ3n) is 5.78. The van der Waals surface area contributed by atoms with Crippen LogP contribution in [0.2, 0.25) is 0 Å². The van der Waals surface area contributed by atoms with Crippen LogP contribution in [0.5, 0.6) is 0 Å². The zero-order valence-electron chi connectivity index (χ0n) is 13.7. The normalized spacial score (nSPS) is 49.2. The molecule has 0 unspecified atom stereocenters. The maximum atomic E-state index is 11.9. The smallest absolute Gasteiger partial charge is 0.309 e. The van der Waals surface area contributed by atoms with Crippen LogP contribution in [0.25, 0.3) is 0 Å². The van der Waals surface area contributed by atoms with Gasteiger partial charge in [0.2, 0.25) is 0 Å². The highest BCUT2D eigenvalue weighted by Gasteiger charge is 2.61. The van der Waals surface area contributed by atoms with Crippen LogP contribution in [0.4, 0.5) is 0 Å². The predicted molar refractivity (Wildman–Crippen MR) is 80.1 cm³/mol. The molecule has 3 rings (SSSR count). The number of carbonyl (C=O) groups is 2. The molecular weight excluding hydrogens is 300 g/mol. The molecule has 0 spiro atoms. The van der Waals surface area contributed by atoms with Gasteiger partial charge in [0.05, 0.1) is 17.6 Å². The molecule has 1 heterocycles. The Morgan fingerprint density at radius 3 is 2.74 bits per heavy atom. The van der Waals surface area contributed by atoms with Crippen LogP contribution in [0.15, 0.2) is 12.2 Å². The quantitative estimate of drug-likeness (QED) is 0.547. The van der Waals surface area contributed by atoms with Crippen LogP contribution in [0.3, 0.4) is 0 Å². The second kappa shape index (κ2) is 5.31. The zero-order chi connectivity index (χ0) is 17.1. The van der Waals surface area contributed by atoms with E-state index < -0.39 is 41.7 Å². The Morgan fingerprint density at radius 2 is 2.13 bits per heavy atom. The average molecular weight is 324 g/mol. The summed E-state index contributed by atoms with van der Waals surface area (Å²) in [6.45, 7) is 8.80. The number of rotatable bonds is 1. The fraction of sp³-hybridized carbons (Fsp3) is 0.765. The zero-order valence-corrected chi connectivity index (χ0v) is 13.7. The largest absolute Gasteiger partial charge is 0.462 e. The Hall–Kier alpha value is -1.40. The van der Waals surface area contributed by atoms with Crippen molar-refractivity contribution in [1.29, 1.82) is 0 Å². The average Bonchev–Trinajstić information content (AvgIpc) is 2.77. The molecule has 0 radical (unpaired) electrons. The van der Waals surface area contributed by atoms with Crippen LogP contribution >= 0.6 is 0 Å². The lowest BCUT2D eigenvalue weighted by Crippen LogP contribution is -2.45. The highest BCUT2D eigenvalue weighted by Crippen LogP contribution is 2.54. The molecule has 8 atom stereocenters. The molecule has 2 N–H and O–H groups in total. The van der Waals surface area contributed by atoms with E-state index in [0.29, 0.717) is 6.42 Å². The molecule has 0 aromatic heterocycles. The van der Waals surface area contributed by atoms with Crippen molar-refractivity contribution < 1.29 is 29.3 Å². The Morgan fingerprint density at radius 1 is 1.48 bits per heavy atom. The SMILES string of the molecule is C=C1C[C@H]2OC(=O)[C@H](C)[C@H]2[C@H](O)[C@@H]2[C@@H]1[C@@H](OC(C)=O)C[C@@]2(C)O. The summed E-state index contributed by atoms with van der Waals surface area (Å²) in [4.78, 5) is 23.3. The molecular formula is C17H24O6. The van der Waals surface area contributed by atoms with Crippen molar-refractivity contribution in [3.63, 3.8) is 0 Å². The van der Waals surface area contributed by atoms with Gasteiger partial charge in [0.1, 0.15) is 12.2 Å². The fourth-order valence-corrected chi connectivity index (χ4v) is 4.86. The number of aliphatic hydroxyl groups excluding tert-OH is 1. The van der Waals surface area contributed by atoms with Crippen LogP contribution in [-0.4, -0.2) is 46.1 Å². The summed E-state index contributed by atoms with van der Waals surface area (Å²) in [5.41, 5.74) is -0.444. The first-order valence-electron chi connectivity index (χ1n) is 8.09. The van der Waals surface area contributed by atoms with Gasteiger partial charge < -0.3 is 19.7 Å². The van der Waals surface area contributed by atoms with Crippen molar-refractivity contribution >= 4 is 11.9 Å². The minimum Gasteiger partial charge on any atom is -0.462 e. The first-order valence-corrected chi connectivity index (χ1v) is 8.09. The van der Waals surface area contributed by atoms with E-state index in [1.165, 1.54) is 6.92 Å². The van der Waals surface area contributed by atoms with Crippen molar-refractivity contribution in [3.05, 3.63) is 12.2 Å². The molecule has 23 heavy (non-hydrogen) atoms. The summed E-state index contributed by atoms with van der Waals surface area (Å²) in [6.07, 6.45) is -1.19. The maximum absolute atomic E-state index is 11.9. The topological polar surface area (TPSA) is 93.1 Å². The molecule has 0 aromatic carbocycles. The molecule has 3 fully saturated rings. The second-order valence-electron chi connectivity index (χ2n) is 7.46. The number of ether oxygens (including phenoxy) is 2. The molecule has 0 bridgehead atoms. The lowest BCUT2D eigenvalue weighted by molar-refractivity contribution is -0.148. The van der Waals surface area contributed by atoms with E-state index >= 15 is 0 Å². The third kappa shape index (κ3) is 2.48. The number of hydrogen-bond donors (Lipinski definition) is 2. The van der Waals surface area contributed by atoms with E-state index in [2.05, 4.69) is 6.58 Å². The number of carbonyl (C=O) groups excluding carboxylic acids is 2. The monoisotopic (exact) mass is 324 g/mol. The molecule has 1 saturated heterocycles. The number of fused-ring (bicyclic) bond motifs is 2. The Kier molecular flexibility index (Phi) is 3.80. The summed E-state index contributed by atoms with van der Waals surface area (Å²) < 4.78 is 10.8. The first kappa shape index (κ1) is 16.5. The van der Waals surface area contributed by atoms with Crippen molar-refractivity contribution in [2.45, 2.75) is 57.5 Å². The Bertz CT molecular complexity index is 553. The van der Waals surface area contributed by atoms with E-state index in [1.807, 2.05) is 0 Å². The van der Waals surface area contributed by atoms with Crippen molar-refractivity contribution in [3.8, 4) is 0 Å². The number of aliphatic hydroxyl groups is 2. The van der Waals surface area contributed by atoms with Crippen molar-refractivity contribution in [1.82, 2.24) is 0 Å². The third-order valence-corrected chi connectivity index (χ3v) is 5.78. The van der Waals surface area contributed by atoms with Crippen molar-refractivity contribution in [2.75, 3.05) is 0 Å². The van der Waals surface area contributed by atoms with E-state index in [9.17, 15) is 19.8 Å². The van der Waals surface area contributed by atoms with Gasteiger partial charge in [-0.25, -0.2) is 0 Å². The van der Waals surface area contributed by atoms with E-state index in [0.717, 1.165) is 5.57 Å². The van der Waals surface area contributed by atoms with Gasteiger partial charge in [-0.05, 0) is 6.92 Å². The minimum absolute atomic E-state index is 0.249. The highest BCUT2D eigenvalue weighted by molar-refractivity contribution is 5.75. The van der Waals surface area contributed by atoms with Gasteiger partial charge in [-0.1, -0.05) is 19.1 Å². The predicted octanol–water partition coefficient (Wildman–Crippen LogP) is 0.804. The Labute approximate surface area is 135 Å². The molecule has 1 aliphatic heterocycles. The molecule has 0 amide bonds. The standard InChI is InChI=1S/C17H24O6/c1-7-5-10-13(8(2)16(20)23-10)15(19)14-12(7)11(22-9(3)18)6-17(14,4)21/h8,10-15,19,21H,1,5-6H2,2-4H3/t8-,10-,11+,12+,13-,14+,15+,17-/m1/s1. The molecule has 6 heteroatoms. The fourth-order valence-electron chi connectivity index (χ4n) is 4.86. The lowest BCUT2D eigenvalue weighted by Gasteiger charge is -2.35. The molecule has 2 saturated carbocycles. The molecule has 2 aliphatic carbocycles. The van der Waals surface area contributed by atoms with Gasteiger partial charge in [-0.3, -0.25) is 9.59 Å². The van der Waals surface area contributed by atoms with Gasteiger partial charge in [0.25, 0.3) is 0 Å². The summed E-state index contributed by atoms with van der Waals surface area (Å²) >= 11 is 0. The van der Waals surface area contributed by atoms with Gasteiger partial charge >= 0.3 is 11.9 Å². The molecule has 3 aliphatic rings. The highest BCUT2D eigenvalue weighted by atomic mass is 16.6. The van der Waals surface area contributed by atoms with Crippen LogP contribution in [0.1, 0.15) is 33.6 Å². The molecule has 0 aromatic rings. The second-order valence-corrected chi connectivity index (χ2v) is 7.46. The summed E-state index contributed by atoms with van der Waals surface area (Å²) in [5.74, 6) is -2.41. The summed E-state index contributed by atoms with van der Waals surface area (Å²) in [7, 11) is 0. The molecule has 128 valence electrons. The van der Waals surface area contributed by atoms with E-state index in [1.54, 1.807) is 13.8 Å². The van der Waals surface area contributed by atoms with E-state index in [4.69, 9.17) is 9.47 Å². The Balaban J connectivity index is 1.99. The summed E-state index contributed by atoms with van der Waals surface area (Å²) in [6, 6.07) is 0. The van der Waals surface area contributed by atoms with Crippen LogP contribution < -0.4 is 0 Å².